The lowest BCUT2D eigenvalue weighted by Gasteiger charge is -2.30. The molecular weight excluding hydrogens is 232 g/mol. The van der Waals surface area contributed by atoms with E-state index in [1.807, 2.05) is 5.38 Å². The Morgan fingerprint density at radius 3 is 2.59 bits per heavy atom. The van der Waals surface area contributed by atoms with Gasteiger partial charge in [0.25, 0.3) is 0 Å². The van der Waals surface area contributed by atoms with E-state index in [2.05, 4.69) is 18.8 Å². The lowest BCUT2D eigenvalue weighted by Crippen LogP contribution is -2.27. The van der Waals surface area contributed by atoms with Crippen LogP contribution >= 0.6 is 11.3 Å². The van der Waals surface area contributed by atoms with Crippen molar-refractivity contribution in [3.05, 3.63) is 11.1 Å². The second-order valence-corrected chi connectivity index (χ2v) is 6.32. The van der Waals surface area contributed by atoms with Gasteiger partial charge in [-0.15, -0.1) is 11.3 Å². The SMILES string of the molecule is CC1CC(C)CC(C(=O)Cc2csc(N)n2)C1. The average molecular weight is 252 g/mol. The van der Waals surface area contributed by atoms with Gasteiger partial charge in [0.15, 0.2) is 5.13 Å². The summed E-state index contributed by atoms with van der Waals surface area (Å²) in [7, 11) is 0. The fourth-order valence-electron chi connectivity index (χ4n) is 2.94. The Morgan fingerprint density at radius 1 is 1.41 bits per heavy atom. The molecule has 1 saturated carbocycles. The Labute approximate surface area is 106 Å². The molecule has 1 aromatic rings. The molecule has 2 unspecified atom stereocenters. The number of hydrogen-bond donors (Lipinski definition) is 1. The maximum Gasteiger partial charge on any atom is 0.180 e. The number of hydrogen-bond acceptors (Lipinski definition) is 4. The summed E-state index contributed by atoms with van der Waals surface area (Å²) < 4.78 is 0. The number of carbonyl (C=O) groups excluding carboxylic acids is 1. The topological polar surface area (TPSA) is 56.0 Å². The summed E-state index contributed by atoms with van der Waals surface area (Å²) in [5.74, 6) is 1.92. The second kappa shape index (κ2) is 5.17. The van der Waals surface area contributed by atoms with Gasteiger partial charge in [-0.1, -0.05) is 13.8 Å². The van der Waals surface area contributed by atoms with Crippen molar-refractivity contribution in [1.82, 2.24) is 4.98 Å². The highest BCUT2D eigenvalue weighted by Crippen LogP contribution is 2.33. The predicted molar refractivity (Wildman–Crippen MR) is 70.9 cm³/mol. The number of aromatic nitrogens is 1. The molecule has 4 heteroatoms. The van der Waals surface area contributed by atoms with Gasteiger partial charge in [-0.05, 0) is 31.1 Å². The van der Waals surface area contributed by atoms with Crippen molar-refractivity contribution in [2.24, 2.45) is 17.8 Å². The normalized spacial score (nSPS) is 29.2. The van der Waals surface area contributed by atoms with E-state index in [9.17, 15) is 4.79 Å². The van der Waals surface area contributed by atoms with Crippen LogP contribution in [0.5, 0.6) is 0 Å². The molecule has 1 aromatic heterocycles. The van der Waals surface area contributed by atoms with Crippen molar-refractivity contribution < 1.29 is 4.79 Å². The Morgan fingerprint density at radius 2 is 2.06 bits per heavy atom. The van der Waals surface area contributed by atoms with Gasteiger partial charge in [-0.25, -0.2) is 4.98 Å². The zero-order valence-electron chi connectivity index (χ0n) is 10.5. The molecule has 1 aliphatic carbocycles. The van der Waals surface area contributed by atoms with Crippen LogP contribution in [-0.2, 0) is 11.2 Å². The Hall–Kier alpha value is -0.900. The number of rotatable bonds is 3. The largest absolute Gasteiger partial charge is 0.375 e. The predicted octanol–water partition coefficient (Wildman–Crippen LogP) is 2.91. The van der Waals surface area contributed by atoms with Gasteiger partial charge in [-0.2, -0.15) is 0 Å². The van der Waals surface area contributed by atoms with Crippen molar-refractivity contribution in [3.8, 4) is 0 Å². The van der Waals surface area contributed by atoms with Crippen molar-refractivity contribution >= 4 is 22.3 Å². The summed E-state index contributed by atoms with van der Waals surface area (Å²) in [5, 5.41) is 2.45. The van der Waals surface area contributed by atoms with Crippen LogP contribution in [0.15, 0.2) is 5.38 Å². The maximum absolute atomic E-state index is 12.2. The number of ketones is 1. The van der Waals surface area contributed by atoms with Crippen molar-refractivity contribution in [3.63, 3.8) is 0 Å². The summed E-state index contributed by atoms with van der Waals surface area (Å²) >= 11 is 1.41. The summed E-state index contributed by atoms with van der Waals surface area (Å²) in [6, 6.07) is 0. The Bertz CT molecular complexity index is 392. The van der Waals surface area contributed by atoms with Gasteiger partial charge in [0.1, 0.15) is 5.78 Å². The highest BCUT2D eigenvalue weighted by Gasteiger charge is 2.28. The van der Waals surface area contributed by atoms with E-state index in [0.29, 0.717) is 29.2 Å². The smallest absolute Gasteiger partial charge is 0.180 e. The molecule has 17 heavy (non-hydrogen) atoms. The quantitative estimate of drug-likeness (QED) is 0.900. The lowest BCUT2D eigenvalue weighted by atomic mass is 9.74. The van der Waals surface area contributed by atoms with E-state index in [1.165, 1.54) is 17.8 Å². The lowest BCUT2D eigenvalue weighted by molar-refractivity contribution is -0.124. The molecular formula is C13H20N2OS. The first-order valence-corrected chi connectivity index (χ1v) is 7.15. The number of anilines is 1. The van der Waals surface area contributed by atoms with Gasteiger partial charge < -0.3 is 5.73 Å². The summed E-state index contributed by atoms with van der Waals surface area (Å²) in [6.07, 6.45) is 3.80. The van der Waals surface area contributed by atoms with E-state index in [1.54, 1.807) is 0 Å². The molecule has 94 valence electrons. The van der Waals surface area contributed by atoms with Gasteiger partial charge >= 0.3 is 0 Å². The number of thiazole rings is 1. The minimum atomic E-state index is 0.233. The summed E-state index contributed by atoms with van der Waals surface area (Å²) in [5.41, 5.74) is 6.41. The van der Waals surface area contributed by atoms with E-state index in [0.717, 1.165) is 18.5 Å². The highest BCUT2D eigenvalue weighted by atomic mass is 32.1. The molecule has 0 aliphatic heterocycles. The Balaban J connectivity index is 1.95. The zero-order valence-corrected chi connectivity index (χ0v) is 11.3. The Kier molecular flexibility index (Phi) is 3.82. The third-order valence-electron chi connectivity index (χ3n) is 3.56. The number of nitrogen functional groups attached to an aromatic ring is 1. The minimum absolute atomic E-state index is 0.233. The number of nitrogens with zero attached hydrogens (tertiary/aromatic N) is 1. The van der Waals surface area contributed by atoms with Crippen LogP contribution in [0.4, 0.5) is 5.13 Å². The molecule has 3 nitrogen and oxygen atoms in total. The van der Waals surface area contributed by atoms with Crippen LogP contribution in [0.25, 0.3) is 0 Å². The minimum Gasteiger partial charge on any atom is -0.375 e. The van der Waals surface area contributed by atoms with Crippen LogP contribution in [-0.4, -0.2) is 10.8 Å². The van der Waals surface area contributed by atoms with Crippen molar-refractivity contribution in [1.29, 1.82) is 0 Å². The van der Waals surface area contributed by atoms with E-state index in [4.69, 9.17) is 5.73 Å². The number of Topliss-reactive ketones (excluding diaryl/α,β-unsaturated/α-hetero) is 1. The zero-order chi connectivity index (χ0) is 12.4. The van der Waals surface area contributed by atoms with Gasteiger partial charge in [0.2, 0.25) is 0 Å². The monoisotopic (exact) mass is 252 g/mol. The van der Waals surface area contributed by atoms with E-state index < -0.39 is 0 Å². The first-order valence-electron chi connectivity index (χ1n) is 6.27. The second-order valence-electron chi connectivity index (χ2n) is 5.43. The first-order chi connectivity index (χ1) is 8.04. The van der Waals surface area contributed by atoms with Crippen molar-refractivity contribution in [2.45, 2.75) is 39.5 Å². The van der Waals surface area contributed by atoms with Crippen LogP contribution < -0.4 is 5.73 Å². The molecule has 0 radical (unpaired) electrons. The van der Waals surface area contributed by atoms with Gasteiger partial charge in [0.05, 0.1) is 5.69 Å². The fourth-order valence-corrected chi connectivity index (χ4v) is 3.50. The fraction of sp³-hybridized carbons (Fsp3) is 0.692. The summed E-state index contributed by atoms with van der Waals surface area (Å²) in [6.45, 7) is 4.49. The molecule has 2 atom stereocenters. The van der Waals surface area contributed by atoms with Crippen LogP contribution in [0.3, 0.4) is 0 Å². The van der Waals surface area contributed by atoms with Crippen LogP contribution in [0, 0.1) is 17.8 Å². The van der Waals surface area contributed by atoms with Gasteiger partial charge in [-0.3, -0.25) is 4.79 Å². The third-order valence-corrected chi connectivity index (χ3v) is 4.28. The molecule has 0 amide bonds. The van der Waals surface area contributed by atoms with Crippen molar-refractivity contribution in [2.75, 3.05) is 5.73 Å². The molecule has 1 aliphatic rings. The molecule has 2 rings (SSSR count). The van der Waals surface area contributed by atoms with Crippen LogP contribution in [0.1, 0.15) is 38.8 Å². The molecule has 0 spiro atoms. The molecule has 1 heterocycles. The first kappa shape index (κ1) is 12.6. The molecule has 2 N–H and O–H groups in total. The molecule has 0 aromatic carbocycles. The maximum atomic E-state index is 12.2. The number of carbonyl (C=O) groups is 1. The highest BCUT2D eigenvalue weighted by molar-refractivity contribution is 7.13. The average Bonchev–Trinajstić information content (AvgIpc) is 2.62. The molecule has 0 bridgehead atoms. The summed E-state index contributed by atoms with van der Waals surface area (Å²) in [4.78, 5) is 16.4. The molecule has 1 fully saturated rings. The molecule has 0 saturated heterocycles. The standard InChI is InChI=1S/C13H20N2OS/c1-8-3-9(2)5-10(4-8)12(16)6-11-7-17-13(14)15-11/h7-10H,3-6H2,1-2H3,(H2,14,15). The third kappa shape index (κ3) is 3.28. The van der Waals surface area contributed by atoms with E-state index >= 15 is 0 Å². The van der Waals surface area contributed by atoms with Gasteiger partial charge in [0, 0.05) is 17.7 Å². The van der Waals surface area contributed by atoms with E-state index in [-0.39, 0.29) is 5.92 Å². The van der Waals surface area contributed by atoms with Crippen LogP contribution in [0.2, 0.25) is 0 Å². The number of nitrogens with two attached hydrogens (primary N) is 1.